The van der Waals surface area contributed by atoms with Crippen molar-refractivity contribution in [3.8, 4) is 28.7 Å². The third-order valence-electron chi connectivity index (χ3n) is 5.78. The summed E-state index contributed by atoms with van der Waals surface area (Å²) in [6.07, 6.45) is 1.90. The van der Waals surface area contributed by atoms with Gasteiger partial charge in [-0.3, -0.25) is 4.79 Å². The number of fused-ring (bicyclic) bond motifs is 1. The van der Waals surface area contributed by atoms with Crippen molar-refractivity contribution in [2.45, 2.75) is 26.2 Å². The highest BCUT2D eigenvalue weighted by Gasteiger charge is 2.33. The lowest BCUT2D eigenvalue weighted by molar-refractivity contribution is -0.116. The van der Waals surface area contributed by atoms with E-state index in [-0.39, 0.29) is 17.8 Å². The van der Waals surface area contributed by atoms with Crippen LogP contribution in [0.2, 0.25) is 0 Å². The lowest BCUT2D eigenvalue weighted by atomic mass is 9.86. The van der Waals surface area contributed by atoms with E-state index in [1.807, 2.05) is 62.4 Å². The zero-order chi connectivity index (χ0) is 23.7. The summed E-state index contributed by atoms with van der Waals surface area (Å²) in [4.78, 5) is 17.4. The molecule has 5 rings (SSSR count). The van der Waals surface area contributed by atoms with Crippen molar-refractivity contribution in [2.75, 3.05) is 19.0 Å². The molecular formula is C25H24N6O3. The molecule has 3 heterocycles. The molecule has 9 nitrogen and oxygen atoms in total. The van der Waals surface area contributed by atoms with Crippen LogP contribution in [0.5, 0.6) is 11.5 Å². The third-order valence-corrected chi connectivity index (χ3v) is 5.78. The molecule has 0 saturated carbocycles. The van der Waals surface area contributed by atoms with Crippen molar-refractivity contribution in [1.82, 2.24) is 25.0 Å². The average molecular weight is 457 g/mol. The predicted molar refractivity (Wildman–Crippen MR) is 126 cm³/mol. The Morgan fingerprint density at radius 3 is 2.79 bits per heavy atom. The number of aryl methyl sites for hydroxylation is 1. The van der Waals surface area contributed by atoms with Gasteiger partial charge in [-0.25, -0.2) is 4.98 Å². The highest BCUT2D eigenvalue weighted by molar-refractivity contribution is 5.95. The van der Waals surface area contributed by atoms with Crippen molar-refractivity contribution >= 4 is 11.7 Å². The quantitative estimate of drug-likeness (QED) is 0.469. The molecule has 1 aliphatic heterocycles. The van der Waals surface area contributed by atoms with Gasteiger partial charge >= 0.3 is 0 Å². The topological polar surface area (TPSA) is 104 Å². The van der Waals surface area contributed by atoms with Crippen molar-refractivity contribution < 1.29 is 14.3 Å². The van der Waals surface area contributed by atoms with Gasteiger partial charge in [0.15, 0.2) is 0 Å². The number of ether oxygens (including phenoxy) is 2. The molecule has 9 heteroatoms. The maximum atomic E-state index is 12.7. The molecule has 2 aromatic heterocycles. The summed E-state index contributed by atoms with van der Waals surface area (Å²) in [5.41, 5.74) is 4.17. The van der Waals surface area contributed by atoms with Gasteiger partial charge in [-0.1, -0.05) is 24.3 Å². The molecule has 0 bridgehead atoms. The maximum absolute atomic E-state index is 12.7. The van der Waals surface area contributed by atoms with Gasteiger partial charge in [0, 0.05) is 23.5 Å². The molecule has 0 saturated heterocycles. The molecule has 0 aliphatic carbocycles. The van der Waals surface area contributed by atoms with E-state index in [0.29, 0.717) is 24.5 Å². The van der Waals surface area contributed by atoms with E-state index >= 15 is 0 Å². The molecule has 0 unspecified atom stereocenters. The van der Waals surface area contributed by atoms with Crippen molar-refractivity contribution in [3.05, 3.63) is 71.5 Å². The van der Waals surface area contributed by atoms with Crippen molar-refractivity contribution in [3.63, 3.8) is 0 Å². The molecule has 1 amide bonds. The molecule has 4 aromatic rings. The second-order valence-electron chi connectivity index (χ2n) is 7.94. The van der Waals surface area contributed by atoms with Crippen LogP contribution in [0.4, 0.5) is 5.82 Å². The minimum atomic E-state index is -0.160. The van der Waals surface area contributed by atoms with Crippen LogP contribution < -0.4 is 14.8 Å². The van der Waals surface area contributed by atoms with E-state index in [2.05, 4.69) is 25.6 Å². The summed E-state index contributed by atoms with van der Waals surface area (Å²) in [7, 11) is 1.62. The highest BCUT2D eigenvalue weighted by Crippen LogP contribution is 2.40. The summed E-state index contributed by atoms with van der Waals surface area (Å²) in [6, 6.07) is 15.4. The second kappa shape index (κ2) is 8.93. The monoisotopic (exact) mass is 456 g/mol. The minimum absolute atomic E-state index is 0.0997. The van der Waals surface area contributed by atoms with Crippen LogP contribution in [0.15, 0.2) is 54.7 Å². The number of carbonyl (C=O) groups is 1. The Hall–Kier alpha value is -4.27. The van der Waals surface area contributed by atoms with Crippen LogP contribution >= 0.6 is 0 Å². The number of hydrogen-bond acceptors (Lipinski definition) is 7. The summed E-state index contributed by atoms with van der Waals surface area (Å²) in [6.45, 7) is 4.44. The van der Waals surface area contributed by atoms with Gasteiger partial charge in [0.1, 0.15) is 17.3 Å². The zero-order valence-electron chi connectivity index (χ0n) is 19.1. The Kier molecular flexibility index (Phi) is 5.67. The van der Waals surface area contributed by atoms with Gasteiger partial charge in [-0.15, -0.1) is 5.10 Å². The van der Waals surface area contributed by atoms with Crippen LogP contribution in [0.3, 0.4) is 0 Å². The van der Waals surface area contributed by atoms with Crippen LogP contribution in [-0.4, -0.2) is 44.6 Å². The van der Waals surface area contributed by atoms with Crippen LogP contribution in [-0.2, 0) is 4.79 Å². The number of nitrogens with zero attached hydrogens (tertiary/aromatic N) is 5. The van der Waals surface area contributed by atoms with Crippen LogP contribution in [0, 0.1) is 6.92 Å². The molecule has 34 heavy (non-hydrogen) atoms. The summed E-state index contributed by atoms with van der Waals surface area (Å²) < 4.78 is 12.5. The lowest BCUT2D eigenvalue weighted by Gasteiger charge is -2.24. The fraction of sp³-hybridized carbons (Fsp3) is 0.240. The predicted octanol–water partition coefficient (Wildman–Crippen LogP) is 3.91. The molecule has 2 aromatic carbocycles. The minimum Gasteiger partial charge on any atom is -0.497 e. The molecule has 0 spiro atoms. The number of amides is 1. The molecular weight excluding hydrogens is 432 g/mol. The standard InChI is InChI=1S/C25H24N6O3/c1-4-34-19-10-5-7-16(11-19)20-13-22(32)28-24-23(20)15(2)30-31(24)25-27-21(14-26-29-25)17-8-6-9-18(12-17)33-3/h5-12,14,20H,4,13H2,1-3H3,(H,28,32)/t20-/m0/s1. The zero-order valence-corrected chi connectivity index (χ0v) is 19.1. The molecule has 1 aliphatic rings. The van der Waals surface area contributed by atoms with E-state index in [9.17, 15) is 4.79 Å². The first-order valence-corrected chi connectivity index (χ1v) is 11.0. The van der Waals surface area contributed by atoms with E-state index < -0.39 is 0 Å². The lowest BCUT2D eigenvalue weighted by Crippen LogP contribution is -2.25. The largest absolute Gasteiger partial charge is 0.497 e. The van der Waals surface area contributed by atoms with Gasteiger partial charge in [-0.05, 0) is 43.7 Å². The number of rotatable bonds is 6. The Labute approximate surface area is 196 Å². The number of aromatic nitrogens is 5. The first kappa shape index (κ1) is 21.6. The fourth-order valence-corrected chi connectivity index (χ4v) is 4.27. The molecule has 172 valence electrons. The Bertz CT molecular complexity index is 1370. The van der Waals surface area contributed by atoms with Gasteiger partial charge in [0.05, 0.1) is 31.3 Å². The smallest absolute Gasteiger partial charge is 0.272 e. The number of nitrogens with one attached hydrogen (secondary N) is 1. The van der Waals surface area contributed by atoms with Crippen LogP contribution in [0.1, 0.15) is 36.1 Å². The van der Waals surface area contributed by atoms with Crippen molar-refractivity contribution in [2.24, 2.45) is 0 Å². The normalized spacial score (nSPS) is 14.9. The van der Waals surface area contributed by atoms with E-state index in [1.165, 1.54) is 0 Å². The summed E-state index contributed by atoms with van der Waals surface area (Å²) >= 11 is 0. The average Bonchev–Trinajstić information content (AvgIpc) is 3.20. The number of methoxy groups -OCH3 is 1. The Morgan fingerprint density at radius 2 is 1.97 bits per heavy atom. The Morgan fingerprint density at radius 1 is 1.15 bits per heavy atom. The van der Waals surface area contributed by atoms with Crippen LogP contribution in [0.25, 0.3) is 17.2 Å². The molecule has 1 atom stereocenters. The van der Waals surface area contributed by atoms with Gasteiger partial charge in [-0.2, -0.15) is 14.9 Å². The second-order valence-corrected chi connectivity index (χ2v) is 7.94. The number of carbonyl (C=O) groups excluding carboxylic acids is 1. The first-order valence-electron chi connectivity index (χ1n) is 11.0. The number of anilines is 1. The third kappa shape index (κ3) is 3.96. The highest BCUT2D eigenvalue weighted by atomic mass is 16.5. The van der Waals surface area contributed by atoms with E-state index in [4.69, 9.17) is 9.47 Å². The molecule has 0 fully saturated rings. The van der Waals surface area contributed by atoms with Gasteiger partial charge < -0.3 is 14.8 Å². The van der Waals surface area contributed by atoms with Gasteiger partial charge in [0.25, 0.3) is 5.95 Å². The maximum Gasteiger partial charge on any atom is 0.272 e. The van der Waals surface area contributed by atoms with Gasteiger partial charge in [0.2, 0.25) is 5.91 Å². The summed E-state index contributed by atoms with van der Waals surface area (Å²) in [5, 5.41) is 16.0. The Balaban J connectivity index is 1.58. The molecule has 0 radical (unpaired) electrons. The number of hydrogen-bond donors (Lipinski definition) is 1. The molecule has 1 N–H and O–H groups in total. The SMILES string of the molecule is CCOc1cccc([C@@H]2CC(=O)Nc3c2c(C)nn3-c2nncc(-c3cccc(OC)c3)n2)c1. The number of benzene rings is 2. The van der Waals surface area contributed by atoms with E-state index in [1.54, 1.807) is 18.0 Å². The first-order chi connectivity index (χ1) is 16.6. The fourth-order valence-electron chi connectivity index (χ4n) is 4.27. The summed E-state index contributed by atoms with van der Waals surface area (Å²) in [5.74, 6) is 2.06. The van der Waals surface area contributed by atoms with E-state index in [0.717, 1.165) is 33.9 Å². The van der Waals surface area contributed by atoms with Crippen molar-refractivity contribution in [1.29, 1.82) is 0 Å².